The van der Waals surface area contributed by atoms with Crippen LogP contribution < -0.4 is 10.6 Å². The number of rotatable bonds is 7. The fourth-order valence-corrected chi connectivity index (χ4v) is 5.18. The van der Waals surface area contributed by atoms with Crippen molar-refractivity contribution in [2.75, 3.05) is 39.3 Å². The first-order valence-corrected chi connectivity index (χ1v) is 11.2. The Balaban J connectivity index is 1.28. The van der Waals surface area contributed by atoms with Crippen molar-refractivity contribution < 1.29 is 4.74 Å². The smallest absolute Gasteiger partial charge is 0.191 e. The molecule has 0 spiro atoms. The SMILES string of the molecule is CCNC(=NCC1(Sc2ccccc2)CC1)NCC1CN2CCCC2CO1. The average molecular weight is 389 g/mol. The molecule has 2 N–H and O–H groups in total. The molecular weight excluding hydrogens is 356 g/mol. The number of benzene rings is 1. The Bertz CT molecular complexity index is 634. The van der Waals surface area contributed by atoms with E-state index in [1.54, 1.807) is 0 Å². The Morgan fingerprint density at radius 3 is 2.93 bits per heavy atom. The molecule has 0 aromatic heterocycles. The standard InChI is InChI=1S/C21H32N4OS/c1-2-22-20(23-13-18-14-25-12-6-7-17(25)15-26-18)24-16-21(10-11-21)27-19-8-4-3-5-9-19/h3-5,8-9,17-18H,2,6-7,10-16H2,1H3,(H2,22,23,24). The highest BCUT2D eigenvalue weighted by Crippen LogP contribution is 2.51. The predicted molar refractivity (Wildman–Crippen MR) is 113 cm³/mol. The highest BCUT2D eigenvalue weighted by Gasteiger charge is 2.43. The molecule has 1 aromatic carbocycles. The highest BCUT2D eigenvalue weighted by molar-refractivity contribution is 8.01. The summed E-state index contributed by atoms with van der Waals surface area (Å²) in [5.41, 5.74) is 0. The Hall–Kier alpha value is -1.24. The minimum Gasteiger partial charge on any atom is -0.373 e. The molecule has 2 saturated heterocycles. The van der Waals surface area contributed by atoms with E-state index < -0.39 is 0 Å². The Kier molecular flexibility index (Phi) is 6.25. The van der Waals surface area contributed by atoms with Gasteiger partial charge in [-0.15, -0.1) is 11.8 Å². The van der Waals surface area contributed by atoms with Crippen molar-refractivity contribution in [3.8, 4) is 0 Å². The second kappa shape index (κ2) is 8.84. The zero-order chi connectivity index (χ0) is 18.5. The van der Waals surface area contributed by atoms with Crippen LogP contribution in [0.5, 0.6) is 0 Å². The van der Waals surface area contributed by atoms with Gasteiger partial charge < -0.3 is 15.4 Å². The number of nitrogens with zero attached hydrogens (tertiary/aromatic N) is 2. The van der Waals surface area contributed by atoms with Crippen LogP contribution in [-0.2, 0) is 4.74 Å². The van der Waals surface area contributed by atoms with Crippen LogP contribution in [0.1, 0.15) is 32.6 Å². The molecule has 0 bridgehead atoms. The monoisotopic (exact) mass is 388 g/mol. The van der Waals surface area contributed by atoms with Crippen molar-refractivity contribution in [3.63, 3.8) is 0 Å². The summed E-state index contributed by atoms with van der Waals surface area (Å²) in [5, 5.41) is 6.91. The van der Waals surface area contributed by atoms with Crippen LogP contribution in [0.2, 0.25) is 0 Å². The zero-order valence-corrected chi connectivity index (χ0v) is 17.1. The lowest BCUT2D eigenvalue weighted by Gasteiger charge is -2.35. The fraction of sp³-hybridized carbons (Fsp3) is 0.667. The maximum Gasteiger partial charge on any atom is 0.191 e. The summed E-state index contributed by atoms with van der Waals surface area (Å²) in [6.07, 6.45) is 5.37. The van der Waals surface area contributed by atoms with Crippen LogP contribution in [-0.4, -0.2) is 67.1 Å². The number of aliphatic imine (C=N–C) groups is 1. The maximum absolute atomic E-state index is 6.07. The van der Waals surface area contributed by atoms with Gasteiger partial charge in [-0.25, -0.2) is 0 Å². The van der Waals surface area contributed by atoms with Crippen LogP contribution >= 0.6 is 11.8 Å². The summed E-state index contributed by atoms with van der Waals surface area (Å²) in [7, 11) is 0. The topological polar surface area (TPSA) is 48.9 Å². The summed E-state index contributed by atoms with van der Waals surface area (Å²) in [6.45, 7) is 7.86. The quantitative estimate of drug-likeness (QED) is 0.556. The van der Waals surface area contributed by atoms with E-state index >= 15 is 0 Å². The third-order valence-electron chi connectivity index (χ3n) is 5.71. The molecular formula is C21H32N4OS. The van der Waals surface area contributed by atoms with Gasteiger partial charge in [0.05, 0.1) is 19.3 Å². The number of hydrogen-bond donors (Lipinski definition) is 2. The van der Waals surface area contributed by atoms with Crippen molar-refractivity contribution in [1.82, 2.24) is 15.5 Å². The van der Waals surface area contributed by atoms with E-state index in [-0.39, 0.29) is 10.9 Å². The van der Waals surface area contributed by atoms with Gasteiger partial charge in [0.25, 0.3) is 0 Å². The minimum absolute atomic E-state index is 0.261. The van der Waals surface area contributed by atoms with Gasteiger partial charge >= 0.3 is 0 Å². The van der Waals surface area contributed by atoms with E-state index in [2.05, 4.69) is 52.8 Å². The Labute approximate surface area is 167 Å². The first-order chi connectivity index (χ1) is 13.3. The van der Waals surface area contributed by atoms with E-state index in [0.29, 0.717) is 6.04 Å². The number of morpholine rings is 1. The molecule has 3 fully saturated rings. The zero-order valence-electron chi connectivity index (χ0n) is 16.3. The van der Waals surface area contributed by atoms with Crippen molar-refractivity contribution >= 4 is 17.7 Å². The van der Waals surface area contributed by atoms with Crippen molar-refractivity contribution in [1.29, 1.82) is 0 Å². The molecule has 2 heterocycles. The Morgan fingerprint density at radius 1 is 1.30 bits per heavy atom. The van der Waals surface area contributed by atoms with Gasteiger partial charge in [0.15, 0.2) is 5.96 Å². The van der Waals surface area contributed by atoms with Gasteiger partial charge in [-0.2, -0.15) is 0 Å². The molecule has 1 aromatic rings. The van der Waals surface area contributed by atoms with E-state index in [9.17, 15) is 0 Å². The summed E-state index contributed by atoms with van der Waals surface area (Å²) >= 11 is 1.98. The van der Waals surface area contributed by atoms with Crippen LogP contribution in [0.25, 0.3) is 0 Å². The second-order valence-electron chi connectivity index (χ2n) is 7.92. The molecule has 2 atom stereocenters. The summed E-state index contributed by atoms with van der Waals surface area (Å²) in [5.74, 6) is 0.921. The molecule has 148 valence electrons. The normalized spacial score (nSPS) is 27.2. The van der Waals surface area contributed by atoms with Gasteiger partial charge in [0.1, 0.15) is 0 Å². The molecule has 5 nitrogen and oxygen atoms in total. The number of hydrogen-bond acceptors (Lipinski definition) is 4. The minimum atomic E-state index is 0.261. The summed E-state index contributed by atoms with van der Waals surface area (Å²) < 4.78 is 6.35. The summed E-state index contributed by atoms with van der Waals surface area (Å²) in [6, 6.07) is 11.4. The lowest BCUT2D eigenvalue weighted by Crippen LogP contribution is -2.51. The van der Waals surface area contributed by atoms with E-state index in [4.69, 9.17) is 9.73 Å². The number of nitrogens with one attached hydrogen (secondary N) is 2. The number of guanidine groups is 1. The molecule has 0 amide bonds. The van der Waals surface area contributed by atoms with Gasteiger partial charge in [-0.05, 0) is 51.3 Å². The molecule has 27 heavy (non-hydrogen) atoms. The lowest BCUT2D eigenvalue weighted by atomic mass is 10.2. The first kappa shape index (κ1) is 19.1. The van der Waals surface area contributed by atoms with Crippen LogP contribution in [0.3, 0.4) is 0 Å². The fourth-order valence-electron chi connectivity index (χ4n) is 3.95. The Morgan fingerprint density at radius 2 is 2.15 bits per heavy atom. The molecule has 1 aliphatic carbocycles. The third-order valence-corrected chi connectivity index (χ3v) is 7.19. The van der Waals surface area contributed by atoms with Crippen LogP contribution in [0.15, 0.2) is 40.2 Å². The molecule has 2 unspecified atom stereocenters. The molecule has 0 radical (unpaired) electrons. The number of fused-ring (bicyclic) bond motifs is 1. The first-order valence-electron chi connectivity index (χ1n) is 10.4. The number of thioether (sulfide) groups is 1. The largest absolute Gasteiger partial charge is 0.373 e. The molecule has 4 rings (SSSR count). The highest BCUT2D eigenvalue weighted by atomic mass is 32.2. The second-order valence-corrected chi connectivity index (χ2v) is 9.46. The van der Waals surface area contributed by atoms with Gasteiger partial charge in [0.2, 0.25) is 0 Å². The molecule has 6 heteroatoms. The molecule has 2 aliphatic heterocycles. The number of ether oxygens (including phenoxy) is 1. The summed E-state index contributed by atoms with van der Waals surface area (Å²) in [4.78, 5) is 8.84. The molecule has 1 saturated carbocycles. The maximum atomic E-state index is 6.07. The van der Waals surface area contributed by atoms with E-state index in [1.807, 2.05) is 11.8 Å². The predicted octanol–water partition coefficient (Wildman–Crippen LogP) is 2.73. The van der Waals surface area contributed by atoms with E-state index in [1.165, 1.54) is 37.1 Å². The van der Waals surface area contributed by atoms with Crippen molar-refractivity contribution in [3.05, 3.63) is 30.3 Å². The van der Waals surface area contributed by atoms with Gasteiger partial charge in [-0.1, -0.05) is 18.2 Å². The lowest BCUT2D eigenvalue weighted by molar-refractivity contribution is -0.0453. The van der Waals surface area contributed by atoms with Crippen LogP contribution in [0, 0.1) is 0 Å². The third kappa shape index (κ3) is 5.18. The van der Waals surface area contributed by atoms with Gasteiger partial charge in [0, 0.05) is 35.3 Å². The molecule has 3 aliphatic rings. The van der Waals surface area contributed by atoms with E-state index in [0.717, 1.165) is 38.7 Å². The average Bonchev–Trinajstić information content (AvgIpc) is 3.29. The van der Waals surface area contributed by atoms with Crippen LogP contribution in [0.4, 0.5) is 0 Å². The van der Waals surface area contributed by atoms with Crippen molar-refractivity contribution in [2.45, 2.75) is 54.4 Å². The van der Waals surface area contributed by atoms with Crippen molar-refractivity contribution in [2.24, 2.45) is 4.99 Å². The van der Waals surface area contributed by atoms with Gasteiger partial charge in [-0.3, -0.25) is 9.89 Å².